The van der Waals surface area contributed by atoms with Crippen LogP contribution >= 0.6 is 15.9 Å². The first-order valence-electron chi connectivity index (χ1n) is 7.15. The maximum atomic E-state index is 5.61. The topological polar surface area (TPSA) is 38.2 Å². The normalized spacial score (nSPS) is 29.6. The van der Waals surface area contributed by atoms with Crippen molar-refractivity contribution in [3.63, 3.8) is 0 Å². The molecule has 4 nitrogen and oxygen atoms in total. The summed E-state index contributed by atoms with van der Waals surface area (Å²) >= 11 is 3.77. The number of ether oxygens (including phenoxy) is 1. The largest absolute Gasteiger partial charge is 0.478 e. The lowest BCUT2D eigenvalue weighted by Crippen LogP contribution is -2.43. The van der Waals surface area contributed by atoms with Crippen molar-refractivity contribution in [2.24, 2.45) is 0 Å². The third-order valence-electron chi connectivity index (χ3n) is 4.02. The number of hydrogen-bond donors (Lipinski definition) is 0. The molecular formula is C14H20BrN3O. The summed E-state index contributed by atoms with van der Waals surface area (Å²) in [5.41, 5.74) is 0. The maximum absolute atomic E-state index is 5.61. The predicted octanol–water partition coefficient (Wildman–Crippen LogP) is 3.16. The molecule has 2 fully saturated rings. The van der Waals surface area contributed by atoms with Crippen molar-refractivity contribution in [1.82, 2.24) is 9.97 Å². The van der Waals surface area contributed by atoms with Crippen molar-refractivity contribution in [2.75, 3.05) is 11.5 Å². The van der Waals surface area contributed by atoms with Gasteiger partial charge in [-0.3, -0.25) is 0 Å². The predicted molar refractivity (Wildman–Crippen MR) is 79.1 cm³/mol. The smallest absolute Gasteiger partial charge is 0.218 e. The molecule has 0 spiro atoms. The fraction of sp³-hybridized carbons (Fsp3) is 0.714. The van der Waals surface area contributed by atoms with Crippen molar-refractivity contribution < 1.29 is 4.74 Å². The number of anilines is 1. The van der Waals surface area contributed by atoms with E-state index in [1.165, 1.54) is 25.7 Å². The number of rotatable bonds is 4. The van der Waals surface area contributed by atoms with E-state index < -0.39 is 0 Å². The number of fused-ring (bicyclic) bond motifs is 2. The molecule has 2 aliphatic rings. The minimum atomic E-state index is 0.622. The zero-order valence-corrected chi connectivity index (χ0v) is 12.8. The molecule has 19 heavy (non-hydrogen) atoms. The summed E-state index contributed by atoms with van der Waals surface area (Å²) in [4.78, 5) is 11.8. The second kappa shape index (κ2) is 5.65. The lowest BCUT2D eigenvalue weighted by molar-refractivity contribution is 0.304. The van der Waals surface area contributed by atoms with E-state index >= 15 is 0 Å². The second-order valence-corrected chi connectivity index (χ2v) is 6.72. The highest BCUT2D eigenvalue weighted by atomic mass is 79.9. The molecule has 0 radical (unpaired) electrons. The minimum absolute atomic E-state index is 0.622. The zero-order chi connectivity index (χ0) is 13.2. The molecule has 2 unspecified atom stereocenters. The van der Waals surface area contributed by atoms with Crippen LogP contribution in [0.3, 0.4) is 0 Å². The molecule has 0 saturated carbocycles. The van der Waals surface area contributed by atoms with Crippen LogP contribution in [0, 0.1) is 0 Å². The first-order chi connectivity index (χ1) is 9.28. The van der Waals surface area contributed by atoms with Gasteiger partial charge in [0.25, 0.3) is 0 Å². The van der Waals surface area contributed by atoms with Gasteiger partial charge in [0.15, 0.2) is 0 Å². The fourth-order valence-corrected chi connectivity index (χ4v) is 4.10. The van der Waals surface area contributed by atoms with Gasteiger partial charge in [-0.15, -0.1) is 0 Å². The maximum Gasteiger partial charge on any atom is 0.218 e. The molecular weight excluding hydrogens is 306 g/mol. The number of aromatic nitrogens is 2. The number of piperidine rings is 1. The van der Waals surface area contributed by atoms with E-state index in [2.05, 4.69) is 37.7 Å². The van der Waals surface area contributed by atoms with Gasteiger partial charge < -0.3 is 9.64 Å². The molecule has 0 aliphatic carbocycles. The molecule has 0 amide bonds. The Hall–Kier alpha value is -0.840. The van der Waals surface area contributed by atoms with Gasteiger partial charge in [0.05, 0.1) is 6.61 Å². The molecule has 2 atom stereocenters. The van der Waals surface area contributed by atoms with E-state index in [1.807, 2.05) is 6.07 Å². The van der Waals surface area contributed by atoms with Crippen LogP contribution in [-0.4, -0.2) is 33.5 Å². The van der Waals surface area contributed by atoms with Crippen molar-refractivity contribution in [3.8, 4) is 5.88 Å². The molecule has 0 N–H and O–H groups in total. The molecule has 2 saturated heterocycles. The third-order valence-corrected chi connectivity index (χ3v) is 4.77. The summed E-state index contributed by atoms with van der Waals surface area (Å²) in [5, 5.41) is 0. The van der Waals surface area contributed by atoms with Gasteiger partial charge in [-0.25, -0.2) is 9.97 Å². The van der Waals surface area contributed by atoms with Crippen LogP contribution in [0.25, 0.3) is 0 Å². The van der Waals surface area contributed by atoms with Crippen LogP contribution in [-0.2, 0) is 0 Å². The molecule has 3 rings (SSSR count). The van der Waals surface area contributed by atoms with Gasteiger partial charge >= 0.3 is 0 Å². The van der Waals surface area contributed by atoms with Crippen LogP contribution in [0.5, 0.6) is 5.88 Å². The highest BCUT2D eigenvalue weighted by molar-refractivity contribution is 9.09. The molecule has 1 aromatic heterocycles. The SMILES string of the molecule is CCCOc1cc(N2C3CCC2CC(Br)C3)ncn1. The Balaban J connectivity index is 1.79. The van der Waals surface area contributed by atoms with Gasteiger partial charge in [0.2, 0.25) is 5.88 Å². The summed E-state index contributed by atoms with van der Waals surface area (Å²) in [6.45, 7) is 2.82. The Kier molecular flexibility index (Phi) is 3.91. The van der Waals surface area contributed by atoms with Crippen molar-refractivity contribution >= 4 is 21.7 Å². The van der Waals surface area contributed by atoms with Gasteiger partial charge in [-0.1, -0.05) is 22.9 Å². The van der Waals surface area contributed by atoms with E-state index in [-0.39, 0.29) is 0 Å². The number of halogens is 1. The van der Waals surface area contributed by atoms with E-state index in [1.54, 1.807) is 6.33 Å². The average molecular weight is 326 g/mol. The Bertz CT molecular complexity index is 428. The Morgan fingerprint density at radius 2 is 2.05 bits per heavy atom. The van der Waals surface area contributed by atoms with Crippen LogP contribution in [0.15, 0.2) is 12.4 Å². The number of hydrogen-bond acceptors (Lipinski definition) is 4. The van der Waals surface area contributed by atoms with Crippen LogP contribution in [0.2, 0.25) is 0 Å². The van der Waals surface area contributed by atoms with E-state index in [0.29, 0.717) is 29.4 Å². The quantitative estimate of drug-likeness (QED) is 0.797. The van der Waals surface area contributed by atoms with Crippen LogP contribution < -0.4 is 9.64 Å². The van der Waals surface area contributed by atoms with E-state index in [4.69, 9.17) is 4.74 Å². The molecule has 3 heterocycles. The Labute approximate surface area is 122 Å². The summed E-state index contributed by atoms with van der Waals surface area (Å²) in [7, 11) is 0. The highest BCUT2D eigenvalue weighted by Crippen LogP contribution is 2.41. The molecule has 2 bridgehead atoms. The number of alkyl halides is 1. The Morgan fingerprint density at radius 3 is 2.74 bits per heavy atom. The van der Waals surface area contributed by atoms with Crippen molar-refractivity contribution in [2.45, 2.75) is 55.9 Å². The summed E-state index contributed by atoms with van der Waals surface area (Å²) in [6, 6.07) is 3.24. The monoisotopic (exact) mass is 325 g/mol. The Morgan fingerprint density at radius 1 is 1.32 bits per heavy atom. The molecule has 0 aromatic carbocycles. The van der Waals surface area contributed by atoms with E-state index in [0.717, 1.165) is 12.2 Å². The summed E-state index contributed by atoms with van der Waals surface area (Å²) in [5.74, 6) is 1.74. The van der Waals surface area contributed by atoms with Gasteiger partial charge in [-0.05, 0) is 32.1 Å². The third kappa shape index (κ3) is 2.71. The summed E-state index contributed by atoms with van der Waals surface area (Å²) < 4.78 is 5.61. The van der Waals surface area contributed by atoms with Gasteiger partial charge in [0.1, 0.15) is 12.1 Å². The average Bonchev–Trinajstić information content (AvgIpc) is 2.69. The molecule has 1 aromatic rings. The number of nitrogens with zero attached hydrogens (tertiary/aromatic N) is 3. The van der Waals surface area contributed by atoms with Crippen LogP contribution in [0.1, 0.15) is 39.0 Å². The lowest BCUT2D eigenvalue weighted by Gasteiger charge is -2.38. The first-order valence-corrected chi connectivity index (χ1v) is 8.06. The first kappa shape index (κ1) is 13.2. The van der Waals surface area contributed by atoms with Gasteiger partial charge in [-0.2, -0.15) is 0 Å². The standard InChI is InChI=1S/C14H20BrN3O/c1-2-5-19-14-8-13(16-9-17-14)18-11-3-4-12(18)7-10(15)6-11/h8-12H,2-7H2,1H3. The lowest BCUT2D eigenvalue weighted by atomic mass is 10.0. The van der Waals surface area contributed by atoms with Gasteiger partial charge in [0, 0.05) is 23.0 Å². The fourth-order valence-electron chi connectivity index (χ4n) is 3.24. The highest BCUT2D eigenvalue weighted by Gasteiger charge is 2.40. The molecule has 5 heteroatoms. The van der Waals surface area contributed by atoms with E-state index in [9.17, 15) is 0 Å². The molecule has 2 aliphatic heterocycles. The van der Waals surface area contributed by atoms with Crippen LogP contribution in [0.4, 0.5) is 5.82 Å². The van der Waals surface area contributed by atoms with Crippen molar-refractivity contribution in [3.05, 3.63) is 12.4 Å². The minimum Gasteiger partial charge on any atom is -0.478 e. The second-order valence-electron chi connectivity index (χ2n) is 5.42. The zero-order valence-electron chi connectivity index (χ0n) is 11.3. The molecule has 104 valence electrons. The summed E-state index contributed by atoms with van der Waals surface area (Å²) in [6.07, 6.45) is 7.61. The van der Waals surface area contributed by atoms with Crippen molar-refractivity contribution in [1.29, 1.82) is 0 Å².